The van der Waals surface area contributed by atoms with Crippen LogP contribution in [0, 0.1) is 4.64 Å². The standard InChI is InChI=1S/C8H7NSSe/c1-9-8(10)6-4-2-3-5-7(6)11-9/h2-5H,1H3. The molecule has 11 heavy (non-hydrogen) atoms. The van der Waals surface area contributed by atoms with Crippen LogP contribution in [0.4, 0.5) is 0 Å². The number of aromatic nitrogens is 1. The summed E-state index contributed by atoms with van der Waals surface area (Å²) in [7, 11) is 2.06. The zero-order valence-corrected chi connectivity index (χ0v) is 8.60. The first-order valence-electron chi connectivity index (χ1n) is 3.34. The van der Waals surface area contributed by atoms with Gasteiger partial charge in [0.05, 0.1) is 0 Å². The Morgan fingerprint density at radius 2 is 2.09 bits per heavy atom. The zero-order valence-electron chi connectivity index (χ0n) is 6.07. The van der Waals surface area contributed by atoms with E-state index in [1.54, 1.807) is 0 Å². The summed E-state index contributed by atoms with van der Waals surface area (Å²) in [5.41, 5.74) is 0. The van der Waals surface area contributed by atoms with Gasteiger partial charge in [0.1, 0.15) is 0 Å². The van der Waals surface area contributed by atoms with Gasteiger partial charge in [-0.1, -0.05) is 0 Å². The summed E-state index contributed by atoms with van der Waals surface area (Å²) in [5.74, 6) is 0. The Morgan fingerprint density at radius 1 is 1.36 bits per heavy atom. The van der Waals surface area contributed by atoms with Crippen LogP contribution in [0.5, 0.6) is 0 Å². The van der Waals surface area contributed by atoms with E-state index in [0.29, 0.717) is 14.7 Å². The Morgan fingerprint density at radius 3 is 2.82 bits per heavy atom. The fraction of sp³-hybridized carbons (Fsp3) is 0.125. The Labute approximate surface area is 76.2 Å². The van der Waals surface area contributed by atoms with Gasteiger partial charge in [0.25, 0.3) is 0 Å². The van der Waals surface area contributed by atoms with Gasteiger partial charge in [-0.15, -0.1) is 0 Å². The number of hydrogen-bond donors (Lipinski definition) is 0. The van der Waals surface area contributed by atoms with Crippen molar-refractivity contribution in [3.8, 4) is 0 Å². The summed E-state index contributed by atoms with van der Waals surface area (Å²) < 4.78 is 4.57. The second-order valence-electron chi connectivity index (χ2n) is 2.39. The van der Waals surface area contributed by atoms with Crippen molar-refractivity contribution < 1.29 is 0 Å². The van der Waals surface area contributed by atoms with Gasteiger partial charge in [0, 0.05) is 0 Å². The molecule has 0 unspecified atom stereocenters. The predicted octanol–water partition coefficient (Wildman–Crippen LogP) is 1.96. The van der Waals surface area contributed by atoms with Crippen LogP contribution < -0.4 is 0 Å². The van der Waals surface area contributed by atoms with Crippen molar-refractivity contribution in [1.82, 2.24) is 3.56 Å². The molecule has 0 spiro atoms. The third-order valence-electron chi connectivity index (χ3n) is 1.64. The van der Waals surface area contributed by atoms with Crippen molar-refractivity contribution in [2.75, 3.05) is 0 Å². The van der Waals surface area contributed by atoms with E-state index in [2.05, 4.69) is 28.8 Å². The van der Waals surface area contributed by atoms with Crippen molar-refractivity contribution in [2.45, 2.75) is 0 Å². The van der Waals surface area contributed by atoms with Crippen molar-refractivity contribution in [1.29, 1.82) is 0 Å². The molecule has 2 aromatic rings. The third kappa shape index (κ3) is 1.09. The third-order valence-corrected chi connectivity index (χ3v) is 4.51. The number of hydrogen-bond acceptors (Lipinski definition) is 1. The predicted molar refractivity (Wildman–Crippen MR) is 50.7 cm³/mol. The molecule has 0 aliphatic heterocycles. The normalized spacial score (nSPS) is 10.6. The summed E-state index contributed by atoms with van der Waals surface area (Å²) in [5, 5.41) is 1.25. The fourth-order valence-corrected chi connectivity index (χ4v) is 3.44. The van der Waals surface area contributed by atoms with Crippen LogP contribution >= 0.6 is 12.2 Å². The van der Waals surface area contributed by atoms with Crippen molar-refractivity contribution in [2.24, 2.45) is 7.05 Å². The number of rotatable bonds is 0. The van der Waals surface area contributed by atoms with E-state index >= 15 is 0 Å². The first kappa shape index (κ1) is 7.29. The molecule has 1 aromatic heterocycles. The van der Waals surface area contributed by atoms with E-state index < -0.39 is 0 Å². The Bertz CT molecular complexity index is 441. The van der Waals surface area contributed by atoms with E-state index in [0.717, 1.165) is 4.64 Å². The molecule has 1 heterocycles. The maximum atomic E-state index is 5.24. The molecule has 0 aliphatic carbocycles. The molecule has 2 rings (SSSR count). The minimum atomic E-state index is 0.424. The van der Waals surface area contributed by atoms with Crippen LogP contribution in [0.25, 0.3) is 9.65 Å². The Balaban J connectivity index is 3.04. The molecule has 0 amide bonds. The van der Waals surface area contributed by atoms with Crippen LogP contribution in [0.3, 0.4) is 0 Å². The van der Waals surface area contributed by atoms with Crippen LogP contribution in [0.2, 0.25) is 0 Å². The molecule has 0 aliphatic rings. The molecular weight excluding hydrogens is 221 g/mol. The second-order valence-corrected chi connectivity index (χ2v) is 5.23. The summed E-state index contributed by atoms with van der Waals surface area (Å²) in [6, 6.07) is 8.37. The molecule has 3 heteroatoms. The van der Waals surface area contributed by atoms with Crippen LogP contribution in [-0.2, 0) is 7.05 Å². The van der Waals surface area contributed by atoms with E-state index in [1.165, 1.54) is 9.65 Å². The van der Waals surface area contributed by atoms with Crippen LogP contribution in [-0.4, -0.2) is 18.3 Å². The van der Waals surface area contributed by atoms with Gasteiger partial charge < -0.3 is 0 Å². The second kappa shape index (κ2) is 2.59. The quantitative estimate of drug-likeness (QED) is 0.493. The Hall–Kier alpha value is -0.371. The maximum absolute atomic E-state index is 5.24. The molecule has 0 saturated heterocycles. The Kier molecular flexibility index (Phi) is 1.72. The van der Waals surface area contributed by atoms with Gasteiger partial charge in [0.15, 0.2) is 0 Å². The van der Waals surface area contributed by atoms with Gasteiger partial charge in [-0.2, -0.15) is 0 Å². The average molecular weight is 228 g/mol. The van der Waals surface area contributed by atoms with Crippen molar-refractivity contribution >= 4 is 36.6 Å². The summed E-state index contributed by atoms with van der Waals surface area (Å²) in [4.78, 5) is 0. The summed E-state index contributed by atoms with van der Waals surface area (Å²) in [6.07, 6.45) is 0. The van der Waals surface area contributed by atoms with E-state index in [1.807, 2.05) is 6.07 Å². The minimum absolute atomic E-state index is 0.424. The molecule has 0 N–H and O–H groups in total. The van der Waals surface area contributed by atoms with Gasteiger partial charge in [-0.25, -0.2) is 0 Å². The van der Waals surface area contributed by atoms with Gasteiger partial charge in [-0.3, -0.25) is 0 Å². The first-order chi connectivity index (χ1) is 5.29. The fourth-order valence-electron chi connectivity index (χ4n) is 1.08. The molecule has 0 saturated carbocycles. The van der Waals surface area contributed by atoms with E-state index in [-0.39, 0.29) is 0 Å². The number of nitrogens with zero attached hydrogens (tertiary/aromatic N) is 1. The van der Waals surface area contributed by atoms with Crippen LogP contribution in [0.1, 0.15) is 0 Å². The van der Waals surface area contributed by atoms with Gasteiger partial charge in [-0.05, 0) is 0 Å². The van der Waals surface area contributed by atoms with Crippen molar-refractivity contribution in [3.05, 3.63) is 28.9 Å². The number of benzene rings is 1. The molecular formula is C8H7NSSe. The van der Waals surface area contributed by atoms with E-state index in [9.17, 15) is 0 Å². The monoisotopic (exact) mass is 229 g/mol. The van der Waals surface area contributed by atoms with E-state index in [4.69, 9.17) is 12.2 Å². The molecule has 1 aromatic carbocycles. The molecule has 0 radical (unpaired) electrons. The zero-order chi connectivity index (χ0) is 7.84. The summed E-state index contributed by atoms with van der Waals surface area (Å²) >= 11 is 5.66. The van der Waals surface area contributed by atoms with Gasteiger partial charge in [0.2, 0.25) is 0 Å². The van der Waals surface area contributed by atoms with Crippen molar-refractivity contribution in [3.63, 3.8) is 0 Å². The topological polar surface area (TPSA) is 4.93 Å². The SMILES string of the molecule is Cn1[se]c2ccccc2c1=S. The molecule has 0 fully saturated rings. The molecule has 0 bridgehead atoms. The number of aryl methyl sites for hydroxylation is 1. The summed E-state index contributed by atoms with van der Waals surface area (Å²) in [6.45, 7) is 0. The van der Waals surface area contributed by atoms with Crippen LogP contribution in [0.15, 0.2) is 24.3 Å². The molecule has 56 valence electrons. The average Bonchev–Trinajstić information content (AvgIpc) is 2.30. The number of fused-ring (bicyclic) bond motifs is 1. The molecule has 0 atom stereocenters. The first-order valence-corrected chi connectivity index (χ1v) is 5.37. The molecule has 1 nitrogen and oxygen atoms in total. The van der Waals surface area contributed by atoms with Gasteiger partial charge >= 0.3 is 76.1 Å².